The van der Waals surface area contributed by atoms with Crippen LogP contribution in [0.15, 0.2) is 120 Å². The predicted octanol–water partition coefficient (Wildman–Crippen LogP) is 5.67. The summed E-state index contributed by atoms with van der Waals surface area (Å²) in [5, 5.41) is 13.8. The largest absolute Gasteiger partial charge is 0.488 e. The number of halogens is 4. The second-order valence-electron chi connectivity index (χ2n) is 16.9. The van der Waals surface area contributed by atoms with E-state index in [1.807, 2.05) is 24.3 Å². The van der Waals surface area contributed by atoms with Crippen LogP contribution in [0.3, 0.4) is 0 Å². The molecule has 392 valence electrons. The first-order valence-electron chi connectivity index (χ1n) is 23.3. The summed E-state index contributed by atoms with van der Waals surface area (Å²) in [6.07, 6.45) is 2.48. The maximum atomic E-state index is 14.4. The van der Waals surface area contributed by atoms with Crippen molar-refractivity contribution in [2.75, 3.05) is 25.1 Å². The van der Waals surface area contributed by atoms with Gasteiger partial charge in [0.1, 0.15) is 11.6 Å². The highest BCUT2D eigenvalue weighted by Crippen LogP contribution is 2.24. The van der Waals surface area contributed by atoms with E-state index < -0.39 is 46.6 Å². The smallest absolute Gasteiger partial charge is 0.355 e. The summed E-state index contributed by atoms with van der Waals surface area (Å²) in [4.78, 5) is 86.3. The molecule has 4 aromatic carbocycles. The fourth-order valence-electron chi connectivity index (χ4n) is 7.28. The Hall–Kier alpha value is -7.01. The third-order valence-electron chi connectivity index (χ3n) is 11.0. The number of ether oxygens (including phenoxy) is 3. The van der Waals surface area contributed by atoms with E-state index in [9.17, 15) is 38.3 Å². The van der Waals surface area contributed by atoms with Crippen molar-refractivity contribution in [3.05, 3.63) is 203 Å². The summed E-state index contributed by atoms with van der Waals surface area (Å²) in [5.74, 6) is 0.192. The van der Waals surface area contributed by atoms with Gasteiger partial charge < -0.3 is 24.6 Å². The second kappa shape index (κ2) is 26.8. The molecule has 1 atom stereocenters. The molecule has 8 rings (SSSR count). The molecular weight excluding hydrogens is 1030 g/mol. The first-order chi connectivity index (χ1) is 35.4. The molecule has 1 saturated heterocycles. The molecule has 3 aromatic heterocycles. The summed E-state index contributed by atoms with van der Waals surface area (Å²) in [5.41, 5.74) is -0.703. The summed E-state index contributed by atoms with van der Waals surface area (Å²) < 4.78 is 36.9. The Bertz CT molecular complexity index is 3370. The number of hydrogen-bond donors (Lipinski definition) is 3. The Morgan fingerprint density at radius 1 is 0.703 bits per heavy atom. The quantitative estimate of drug-likeness (QED) is 0.106. The van der Waals surface area contributed by atoms with Gasteiger partial charge in [-0.3, -0.25) is 18.7 Å². The summed E-state index contributed by atoms with van der Waals surface area (Å²) in [7, 11) is 0. The van der Waals surface area contributed by atoms with Crippen molar-refractivity contribution in [3.63, 3.8) is 0 Å². The zero-order valence-electron chi connectivity index (χ0n) is 40.8. The third-order valence-corrected chi connectivity index (χ3v) is 11.8. The maximum absolute atomic E-state index is 14.4. The van der Waals surface area contributed by atoms with Gasteiger partial charge in [0.05, 0.1) is 52.0 Å². The molecule has 0 bridgehead atoms. The lowest BCUT2D eigenvalue weighted by Gasteiger charge is -2.22. The van der Waals surface area contributed by atoms with Gasteiger partial charge in [0.2, 0.25) is 5.95 Å². The van der Waals surface area contributed by atoms with Crippen molar-refractivity contribution in [2.24, 2.45) is 0 Å². The van der Waals surface area contributed by atoms with E-state index in [4.69, 9.17) is 49.0 Å². The number of nitrogens with zero attached hydrogens (tertiary/aromatic N) is 8. The first kappa shape index (κ1) is 56.3. The summed E-state index contributed by atoms with van der Waals surface area (Å²) in [6.45, 7) is 8.05. The molecule has 1 aliphatic rings. The number of aromatic nitrogens is 9. The van der Waals surface area contributed by atoms with Crippen LogP contribution in [0.4, 0.5) is 16.0 Å². The van der Waals surface area contributed by atoms with Crippen LogP contribution < -0.4 is 44.2 Å². The average molecular weight is 1080 g/mol. The van der Waals surface area contributed by atoms with E-state index in [2.05, 4.69) is 25.3 Å². The molecule has 24 heteroatoms. The average Bonchev–Trinajstić information content (AvgIpc) is 3.36. The lowest BCUT2D eigenvalue weighted by Crippen LogP contribution is -2.44. The molecular formula is C50H54Cl3FN10O10. The summed E-state index contributed by atoms with van der Waals surface area (Å²) >= 11 is 17.6. The Labute approximate surface area is 437 Å². The van der Waals surface area contributed by atoms with Gasteiger partial charge in [-0.05, 0) is 112 Å². The first-order valence-corrected chi connectivity index (χ1v) is 24.4. The molecule has 0 spiro atoms. The van der Waals surface area contributed by atoms with E-state index in [-0.39, 0.29) is 56.0 Å². The van der Waals surface area contributed by atoms with Crippen LogP contribution in [-0.2, 0) is 42.2 Å². The molecule has 0 amide bonds. The van der Waals surface area contributed by atoms with E-state index >= 15 is 0 Å². The minimum absolute atomic E-state index is 0.0592. The van der Waals surface area contributed by atoms with Crippen LogP contribution >= 0.6 is 34.8 Å². The molecule has 20 nitrogen and oxygen atoms in total. The van der Waals surface area contributed by atoms with Gasteiger partial charge in [-0.15, -0.1) is 0 Å². The molecule has 0 aliphatic carbocycles. The number of rotatable bonds is 16. The highest BCUT2D eigenvalue weighted by molar-refractivity contribution is 6.31. The van der Waals surface area contributed by atoms with E-state index in [1.165, 1.54) is 25.8 Å². The van der Waals surface area contributed by atoms with E-state index in [0.29, 0.717) is 46.4 Å². The maximum Gasteiger partial charge on any atom is 0.355 e. The molecule has 7 aromatic rings. The number of hydrogen-bond acceptors (Lipinski definition) is 14. The number of H-pyrrole nitrogens is 1. The minimum Gasteiger partial charge on any atom is -0.488 e. The minimum atomic E-state index is -0.825. The standard InChI is InChI=1S/C21H22ClFN4O4.C18H22ClN3O4.C11H10ClN3O2/c1-13(2)31-18-8-7-16(11-17(18)23)24-19-25-20(29)26(9-10-28)21(30)27(19)12-14-3-5-15(22)6-4-14;1-13-20-17(23)21(9-11-26-16-4-2-3-10-25-16)18(24)22(13)12-14-5-7-15(19)8-6-14;1-7-13-10(16)14-11(17)15(7)6-8-2-4-9(12)5-3-8/h3-8,11,13,28H,9-10,12H2,1-2H3,(H,24,25,29);5-8,16H,2-4,9-12H2,1H3;2-5H,6H2,1H3,(H,14,16,17). The van der Waals surface area contributed by atoms with Gasteiger partial charge in [0.15, 0.2) is 17.9 Å². The SMILES string of the molecule is CC(C)Oc1ccc(Nc2nc(=O)n(CCO)c(=O)n2Cc2ccc(Cl)cc2)cc1F.Cc1nc(=O)[nH]c(=O)n1Cc1ccc(Cl)cc1.Cc1nc(=O)n(CCOC2CCCCO2)c(=O)n1Cc1ccc(Cl)cc1. The van der Waals surface area contributed by atoms with Crippen molar-refractivity contribution < 1.29 is 23.7 Å². The number of aliphatic hydroxyl groups is 1. The fourth-order valence-corrected chi connectivity index (χ4v) is 7.65. The fraction of sp³-hybridized carbons (Fsp3) is 0.340. The highest BCUT2D eigenvalue weighted by atomic mass is 35.5. The lowest BCUT2D eigenvalue weighted by atomic mass is 10.2. The Balaban J connectivity index is 0.000000188. The van der Waals surface area contributed by atoms with Gasteiger partial charge in [-0.2, -0.15) is 15.0 Å². The van der Waals surface area contributed by atoms with Crippen molar-refractivity contribution in [1.29, 1.82) is 0 Å². The summed E-state index contributed by atoms with van der Waals surface area (Å²) in [6, 6.07) is 25.4. The van der Waals surface area contributed by atoms with Crippen molar-refractivity contribution >= 4 is 46.4 Å². The zero-order valence-corrected chi connectivity index (χ0v) is 43.1. The molecule has 74 heavy (non-hydrogen) atoms. The zero-order chi connectivity index (χ0) is 53.5. The molecule has 0 saturated carbocycles. The number of aromatic amines is 1. The predicted molar refractivity (Wildman–Crippen MR) is 278 cm³/mol. The van der Waals surface area contributed by atoms with Gasteiger partial charge in [-0.25, -0.2) is 42.3 Å². The third kappa shape index (κ3) is 16.0. The highest BCUT2D eigenvalue weighted by Gasteiger charge is 2.18. The van der Waals surface area contributed by atoms with Gasteiger partial charge in [-0.1, -0.05) is 71.2 Å². The van der Waals surface area contributed by atoms with Crippen LogP contribution in [-0.4, -0.2) is 80.1 Å². The van der Waals surface area contributed by atoms with Crippen molar-refractivity contribution in [1.82, 2.24) is 42.8 Å². The molecule has 1 unspecified atom stereocenters. The van der Waals surface area contributed by atoms with Gasteiger partial charge >= 0.3 is 34.1 Å². The number of aryl methyl sites for hydroxylation is 2. The Kier molecular flexibility index (Phi) is 20.4. The van der Waals surface area contributed by atoms with Crippen LogP contribution in [0.1, 0.15) is 61.4 Å². The number of aliphatic hydroxyl groups excluding tert-OH is 1. The topological polar surface area (TPSA) is 241 Å². The van der Waals surface area contributed by atoms with E-state index in [1.54, 1.807) is 82.3 Å². The lowest BCUT2D eigenvalue weighted by molar-refractivity contribution is -0.163. The van der Waals surface area contributed by atoms with E-state index in [0.717, 1.165) is 45.1 Å². The number of nitrogens with one attached hydrogen (secondary N) is 2. The molecule has 3 N–H and O–H groups in total. The molecule has 0 radical (unpaired) electrons. The van der Waals surface area contributed by atoms with Gasteiger partial charge in [0.25, 0.3) is 0 Å². The second-order valence-corrected chi connectivity index (χ2v) is 18.2. The van der Waals surface area contributed by atoms with Crippen molar-refractivity contribution in [2.45, 2.75) is 92.1 Å². The van der Waals surface area contributed by atoms with Crippen LogP contribution in [0.25, 0.3) is 0 Å². The molecule has 4 heterocycles. The normalized spacial score (nSPS) is 13.1. The van der Waals surface area contributed by atoms with Crippen LogP contribution in [0.5, 0.6) is 5.75 Å². The Morgan fingerprint density at radius 3 is 1.76 bits per heavy atom. The van der Waals surface area contributed by atoms with Crippen LogP contribution in [0.2, 0.25) is 15.1 Å². The molecule has 1 aliphatic heterocycles. The van der Waals surface area contributed by atoms with Gasteiger partial charge in [0, 0.05) is 33.4 Å². The van der Waals surface area contributed by atoms with Crippen LogP contribution in [0, 0.1) is 19.7 Å². The number of anilines is 2. The van der Waals surface area contributed by atoms with Crippen molar-refractivity contribution in [3.8, 4) is 5.75 Å². The Morgan fingerprint density at radius 2 is 1.23 bits per heavy atom. The monoisotopic (exact) mass is 1080 g/mol. The molecule has 1 fully saturated rings. The number of benzene rings is 4.